The van der Waals surface area contributed by atoms with Crippen LogP contribution in [-0.2, 0) is 4.79 Å². The third-order valence-electron chi connectivity index (χ3n) is 11.4. The van der Waals surface area contributed by atoms with Crippen molar-refractivity contribution in [1.29, 1.82) is 0 Å². The zero-order chi connectivity index (χ0) is 24.6. The summed E-state index contributed by atoms with van der Waals surface area (Å²) < 4.78 is 0. The van der Waals surface area contributed by atoms with Crippen LogP contribution in [0.3, 0.4) is 0 Å². The van der Waals surface area contributed by atoms with Crippen molar-refractivity contribution in [2.45, 2.75) is 119 Å². The van der Waals surface area contributed by atoms with Crippen molar-refractivity contribution in [2.75, 3.05) is 0 Å². The van der Waals surface area contributed by atoms with Crippen molar-refractivity contribution in [2.24, 2.45) is 39.4 Å². The highest BCUT2D eigenvalue weighted by atomic mass is 16.3. The van der Waals surface area contributed by atoms with Gasteiger partial charge in [0, 0.05) is 17.4 Å². The first-order valence-electron chi connectivity index (χ1n) is 13.5. The molecular weight excluding hydrogens is 408 g/mol. The molecular formula is C30H48O3. The van der Waals surface area contributed by atoms with Crippen LogP contribution < -0.4 is 0 Å². The fourth-order valence-corrected chi connectivity index (χ4v) is 9.22. The van der Waals surface area contributed by atoms with Crippen LogP contribution in [0.5, 0.6) is 0 Å². The average Bonchev–Trinajstić information content (AvgIpc) is 2.97. The van der Waals surface area contributed by atoms with Gasteiger partial charge in [-0.2, -0.15) is 0 Å². The summed E-state index contributed by atoms with van der Waals surface area (Å²) in [7, 11) is 0. The first-order valence-corrected chi connectivity index (χ1v) is 13.5. The van der Waals surface area contributed by atoms with Gasteiger partial charge < -0.3 is 10.2 Å². The standard InChI is InChI=1S/C30H48O3/c1-18(2)10-9-11-19(3)20-12-15-29(7)26-21(31)16-23-27(4,5)24(33)13-14-28(23,6)25(26)22(32)17-30(20,29)8/h10,19-20,22-24,32-33H,9,11-17H2,1-8H3/t19-,20-,22+,23-,24+,28+,29+,30-/m1/s1. The highest BCUT2D eigenvalue weighted by molar-refractivity contribution is 6.00. The molecule has 4 aliphatic rings. The lowest BCUT2D eigenvalue weighted by Crippen LogP contribution is -2.59. The number of fused-ring (bicyclic) bond motifs is 4. The Balaban J connectivity index is 1.75. The maximum absolute atomic E-state index is 13.9. The Labute approximate surface area is 202 Å². The average molecular weight is 457 g/mol. The summed E-state index contributed by atoms with van der Waals surface area (Å²) in [5.74, 6) is 1.44. The molecule has 0 amide bonds. The summed E-state index contributed by atoms with van der Waals surface area (Å²) >= 11 is 0. The molecule has 0 heterocycles. The van der Waals surface area contributed by atoms with E-state index in [0.29, 0.717) is 18.3 Å². The number of carbonyl (C=O) groups is 1. The fraction of sp³-hybridized carbons (Fsp3) is 0.833. The Morgan fingerprint density at radius 2 is 1.76 bits per heavy atom. The number of aliphatic hydroxyl groups excluding tert-OH is 2. The van der Waals surface area contributed by atoms with Crippen LogP contribution in [0.15, 0.2) is 22.8 Å². The molecule has 0 saturated heterocycles. The number of carbonyl (C=O) groups excluding carboxylic acids is 1. The van der Waals surface area contributed by atoms with Crippen molar-refractivity contribution < 1.29 is 15.0 Å². The van der Waals surface area contributed by atoms with Gasteiger partial charge in [-0.1, -0.05) is 53.2 Å². The van der Waals surface area contributed by atoms with E-state index in [0.717, 1.165) is 49.7 Å². The van der Waals surface area contributed by atoms with E-state index >= 15 is 0 Å². The number of hydrogen-bond donors (Lipinski definition) is 2. The Kier molecular flexibility index (Phi) is 6.14. The van der Waals surface area contributed by atoms with E-state index in [1.165, 1.54) is 12.0 Å². The van der Waals surface area contributed by atoms with Gasteiger partial charge in [0.15, 0.2) is 5.78 Å². The van der Waals surface area contributed by atoms with E-state index in [1.54, 1.807) is 0 Å². The molecule has 2 N–H and O–H groups in total. The van der Waals surface area contributed by atoms with Crippen LogP contribution in [-0.4, -0.2) is 28.2 Å². The minimum Gasteiger partial charge on any atom is -0.393 e. The van der Waals surface area contributed by atoms with E-state index in [9.17, 15) is 15.0 Å². The van der Waals surface area contributed by atoms with Crippen LogP contribution in [0.1, 0.15) is 107 Å². The molecule has 4 rings (SSSR count). The highest BCUT2D eigenvalue weighted by Gasteiger charge is 2.67. The second kappa shape index (κ2) is 8.05. The van der Waals surface area contributed by atoms with Crippen LogP contribution in [0, 0.1) is 39.4 Å². The molecule has 3 nitrogen and oxygen atoms in total. The zero-order valence-corrected chi connectivity index (χ0v) is 22.4. The number of rotatable bonds is 4. The zero-order valence-electron chi connectivity index (χ0n) is 22.4. The topological polar surface area (TPSA) is 57.5 Å². The summed E-state index contributed by atoms with van der Waals surface area (Å²) in [6.07, 6.45) is 8.76. The molecule has 0 aromatic carbocycles. The number of ketones is 1. The Hall–Kier alpha value is -0.930. The van der Waals surface area contributed by atoms with E-state index in [-0.39, 0.29) is 39.5 Å². The maximum Gasteiger partial charge on any atom is 0.159 e. The van der Waals surface area contributed by atoms with Crippen LogP contribution >= 0.6 is 0 Å². The molecule has 0 radical (unpaired) electrons. The minimum absolute atomic E-state index is 0.0573. The summed E-state index contributed by atoms with van der Waals surface area (Å²) in [5.41, 5.74) is 2.68. The molecule has 3 heteroatoms. The van der Waals surface area contributed by atoms with Crippen molar-refractivity contribution >= 4 is 5.78 Å². The van der Waals surface area contributed by atoms with Crippen molar-refractivity contribution in [3.8, 4) is 0 Å². The van der Waals surface area contributed by atoms with E-state index in [2.05, 4.69) is 61.5 Å². The second-order valence-electron chi connectivity index (χ2n) is 13.7. The number of Topliss-reactive ketones (excluding diaryl/α,β-unsaturated/α-hetero) is 1. The Morgan fingerprint density at radius 3 is 2.39 bits per heavy atom. The third kappa shape index (κ3) is 3.46. The van der Waals surface area contributed by atoms with Crippen LogP contribution in [0.2, 0.25) is 0 Å². The van der Waals surface area contributed by atoms with Gasteiger partial charge in [0.2, 0.25) is 0 Å². The summed E-state index contributed by atoms with van der Waals surface area (Å²) in [6.45, 7) is 18.0. The normalized spacial score (nSPS) is 45.2. The molecule has 0 unspecified atom stereocenters. The molecule has 0 bridgehead atoms. The second-order valence-corrected chi connectivity index (χ2v) is 13.7. The lowest BCUT2D eigenvalue weighted by molar-refractivity contribution is -0.138. The lowest BCUT2D eigenvalue weighted by Gasteiger charge is -2.62. The Bertz CT molecular complexity index is 877. The highest BCUT2D eigenvalue weighted by Crippen LogP contribution is 2.71. The van der Waals surface area contributed by atoms with Gasteiger partial charge in [-0.05, 0) is 98.4 Å². The molecule has 0 spiro atoms. The number of allylic oxidation sites excluding steroid dienone is 3. The molecule has 2 fully saturated rings. The SMILES string of the molecule is CC(C)=CCC[C@@H](C)[C@H]1CC[C@@]2(C)C3=C([C@@H](O)C[C@]12C)[C@@]1(C)CC[C@H](O)C(C)(C)[C@H]1CC3=O. The van der Waals surface area contributed by atoms with Crippen LogP contribution in [0.25, 0.3) is 0 Å². The quantitative estimate of drug-likeness (QED) is 0.467. The summed E-state index contributed by atoms with van der Waals surface area (Å²) in [4.78, 5) is 13.9. The minimum atomic E-state index is -0.550. The number of aliphatic hydroxyl groups is 2. The Morgan fingerprint density at radius 1 is 1.09 bits per heavy atom. The van der Waals surface area contributed by atoms with E-state index in [4.69, 9.17) is 0 Å². The van der Waals surface area contributed by atoms with Gasteiger partial charge in [0.25, 0.3) is 0 Å². The molecule has 2 saturated carbocycles. The maximum atomic E-state index is 13.9. The summed E-state index contributed by atoms with van der Waals surface area (Å²) in [5, 5.41) is 22.5. The van der Waals surface area contributed by atoms with Crippen molar-refractivity contribution in [3.63, 3.8) is 0 Å². The predicted molar refractivity (Wildman–Crippen MR) is 135 cm³/mol. The monoisotopic (exact) mass is 456 g/mol. The molecule has 8 atom stereocenters. The van der Waals surface area contributed by atoms with Gasteiger partial charge in [0.1, 0.15) is 0 Å². The largest absolute Gasteiger partial charge is 0.393 e. The first-order chi connectivity index (χ1) is 15.2. The molecule has 0 aliphatic heterocycles. The van der Waals surface area contributed by atoms with E-state index in [1.807, 2.05) is 0 Å². The van der Waals surface area contributed by atoms with Gasteiger partial charge in [-0.3, -0.25) is 4.79 Å². The van der Waals surface area contributed by atoms with Gasteiger partial charge in [-0.15, -0.1) is 0 Å². The van der Waals surface area contributed by atoms with Crippen molar-refractivity contribution in [1.82, 2.24) is 0 Å². The van der Waals surface area contributed by atoms with E-state index < -0.39 is 6.10 Å². The van der Waals surface area contributed by atoms with Gasteiger partial charge >= 0.3 is 0 Å². The molecule has 0 aromatic heterocycles. The van der Waals surface area contributed by atoms with Gasteiger partial charge in [0.05, 0.1) is 12.2 Å². The molecule has 33 heavy (non-hydrogen) atoms. The smallest absolute Gasteiger partial charge is 0.159 e. The summed E-state index contributed by atoms with van der Waals surface area (Å²) in [6, 6.07) is 0. The number of hydrogen-bond acceptors (Lipinski definition) is 3. The molecule has 186 valence electrons. The predicted octanol–water partition coefficient (Wildman–Crippen LogP) is 6.63. The van der Waals surface area contributed by atoms with Crippen LogP contribution in [0.4, 0.5) is 0 Å². The first kappa shape index (κ1) is 25.2. The van der Waals surface area contributed by atoms with Gasteiger partial charge in [-0.25, -0.2) is 0 Å². The third-order valence-corrected chi connectivity index (χ3v) is 11.4. The molecule has 4 aliphatic carbocycles. The molecule has 0 aromatic rings. The lowest BCUT2D eigenvalue weighted by atomic mass is 9.42. The van der Waals surface area contributed by atoms with Crippen molar-refractivity contribution in [3.05, 3.63) is 22.8 Å². The fourth-order valence-electron chi connectivity index (χ4n) is 9.22.